The monoisotopic (exact) mass is 333 g/mol. The molecular weight excluding hydrogens is 310 g/mol. The molecule has 2 aliphatic rings. The number of hydrogen-bond acceptors (Lipinski definition) is 5. The molecule has 6 heteroatoms. The third-order valence-electron chi connectivity index (χ3n) is 4.53. The van der Waals surface area contributed by atoms with Gasteiger partial charge in [0.15, 0.2) is 0 Å². The summed E-state index contributed by atoms with van der Waals surface area (Å²) in [5.74, 6) is -0.227. The highest BCUT2D eigenvalue weighted by Gasteiger charge is 2.53. The van der Waals surface area contributed by atoms with Crippen LogP contribution in [-0.4, -0.2) is 40.9 Å². The zero-order valence-corrected chi connectivity index (χ0v) is 14.2. The first-order valence-corrected chi connectivity index (χ1v) is 8.26. The van der Waals surface area contributed by atoms with Gasteiger partial charge in [0.1, 0.15) is 24.5 Å². The SMILES string of the molecule is C[C@H]1OC(C)(C)N(C(=O)OCc2ccccc2)[C@@H]1C1CCC(=O)O1. The molecule has 2 heterocycles. The number of benzene rings is 1. The summed E-state index contributed by atoms with van der Waals surface area (Å²) in [4.78, 5) is 25.8. The van der Waals surface area contributed by atoms with E-state index in [1.54, 1.807) is 4.90 Å². The van der Waals surface area contributed by atoms with Crippen molar-refractivity contribution in [3.63, 3.8) is 0 Å². The van der Waals surface area contributed by atoms with E-state index < -0.39 is 11.8 Å². The molecule has 3 atom stereocenters. The van der Waals surface area contributed by atoms with Crippen LogP contribution in [-0.2, 0) is 25.6 Å². The summed E-state index contributed by atoms with van der Waals surface area (Å²) >= 11 is 0. The molecule has 0 saturated carbocycles. The van der Waals surface area contributed by atoms with Gasteiger partial charge in [0.25, 0.3) is 0 Å². The Morgan fingerprint density at radius 3 is 2.67 bits per heavy atom. The smallest absolute Gasteiger partial charge is 0.412 e. The van der Waals surface area contributed by atoms with E-state index in [2.05, 4.69) is 0 Å². The van der Waals surface area contributed by atoms with Crippen molar-refractivity contribution in [1.82, 2.24) is 4.90 Å². The Balaban J connectivity index is 1.74. The number of carbonyl (C=O) groups is 2. The number of rotatable bonds is 3. The van der Waals surface area contributed by atoms with Gasteiger partial charge in [-0.05, 0) is 32.8 Å². The van der Waals surface area contributed by atoms with Crippen LogP contribution >= 0.6 is 0 Å². The van der Waals surface area contributed by atoms with E-state index >= 15 is 0 Å². The third-order valence-corrected chi connectivity index (χ3v) is 4.53. The lowest BCUT2D eigenvalue weighted by Gasteiger charge is -2.34. The second-order valence-electron chi connectivity index (χ2n) is 6.74. The number of amides is 1. The van der Waals surface area contributed by atoms with Crippen molar-refractivity contribution in [3.8, 4) is 0 Å². The van der Waals surface area contributed by atoms with Gasteiger partial charge in [-0.1, -0.05) is 30.3 Å². The van der Waals surface area contributed by atoms with Gasteiger partial charge >= 0.3 is 12.1 Å². The van der Waals surface area contributed by atoms with Crippen LogP contribution < -0.4 is 0 Å². The Morgan fingerprint density at radius 1 is 1.33 bits per heavy atom. The van der Waals surface area contributed by atoms with Crippen LogP contribution in [0.5, 0.6) is 0 Å². The van der Waals surface area contributed by atoms with E-state index in [-0.39, 0.29) is 30.8 Å². The van der Waals surface area contributed by atoms with E-state index in [1.165, 1.54) is 0 Å². The first kappa shape index (κ1) is 16.8. The van der Waals surface area contributed by atoms with Crippen molar-refractivity contribution in [2.75, 3.05) is 0 Å². The number of nitrogens with zero attached hydrogens (tertiary/aromatic N) is 1. The van der Waals surface area contributed by atoms with Crippen LogP contribution in [0, 0.1) is 0 Å². The number of carbonyl (C=O) groups excluding carboxylic acids is 2. The Kier molecular flexibility index (Phi) is 4.49. The molecule has 1 unspecified atom stereocenters. The molecule has 130 valence electrons. The lowest BCUT2D eigenvalue weighted by atomic mass is 10.0. The van der Waals surface area contributed by atoms with Crippen molar-refractivity contribution < 1.29 is 23.8 Å². The predicted octanol–water partition coefficient (Wildman–Crippen LogP) is 2.85. The molecule has 0 spiro atoms. The summed E-state index contributed by atoms with van der Waals surface area (Å²) in [6.07, 6.45) is -0.0726. The van der Waals surface area contributed by atoms with Gasteiger partial charge in [0.2, 0.25) is 0 Å². The zero-order valence-electron chi connectivity index (χ0n) is 14.2. The molecule has 3 rings (SSSR count). The predicted molar refractivity (Wildman–Crippen MR) is 86.0 cm³/mol. The number of hydrogen-bond donors (Lipinski definition) is 0. The minimum absolute atomic E-state index is 0.192. The molecule has 2 fully saturated rings. The summed E-state index contributed by atoms with van der Waals surface area (Å²) < 4.78 is 16.8. The quantitative estimate of drug-likeness (QED) is 0.796. The average Bonchev–Trinajstić information content (AvgIpc) is 3.05. The normalized spacial score (nSPS) is 28.7. The second kappa shape index (κ2) is 6.43. The molecule has 0 bridgehead atoms. The molecule has 0 N–H and O–H groups in total. The second-order valence-corrected chi connectivity index (χ2v) is 6.74. The minimum Gasteiger partial charge on any atom is -0.460 e. The highest BCUT2D eigenvalue weighted by atomic mass is 16.6. The fourth-order valence-corrected chi connectivity index (χ4v) is 3.54. The van der Waals surface area contributed by atoms with Gasteiger partial charge in [-0.15, -0.1) is 0 Å². The van der Waals surface area contributed by atoms with Crippen LogP contribution in [0.15, 0.2) is 30.3 Å². The van der Waals surface area contributed by atoms with E-state index in [9.17, 15) is 9.59 Å². The summed E-state index contributed by atoms with van der Waals surface area (Å²) in [5, 5.41) is 0. The molecule has 2 saturated heterocycles. The van der Waals surface area contributed by atoms with Crippen molar-refractivity contribution in [1.29, 1.82) is 0 Å². The molecule has 0 radical (unpaired) electrons. The van der Waals surface area contributed by atoms with Crippen LogP contribution in [0.4, 0.5) is 4.79 Å². The van der Waals surface area contributed by atoms with Gasteiger partial charge in [-0.25, -0.2) is 4.79 Å². The standard InChI is InChI=1S/C18H23NO5/c1-12-16(14-9-10-15(20)23-14)19(18(2,3)24-12)17(21)22-11-13-7-5-4-6-8-13/h4-8,12,14,16H,9-11H2,1-3H3/t12-,14?,16+/m1/s1. The molecule has 2 aliphatic heterocycles. The van der Waals surface area contributed by atoms with Gasteiger partial charge in [-0.2, -0.15) is 0 Å². The van der Waals surface area contributed by atoms with E-state index in [1.807, 2.05) is 51.1 Å². The highest BCUT2D eigenvalue weighted by molar-refractivity contribution is 5.72. The van der Waals surface area contributed by atoms with E-state index in [4.69, 9.17) is 14.2 Å². The van der Waals surface area contributed by atoms with Crippen molar-refractivity contribution in [2.45, 2.75) is 64.2 Å². The number of ether oxygens (including phenoxy) is 3. The molecule has 24 heavy (non-hydrogen) atoms. The third kappa shape index (κ3) is 3.24. The first-order chi connectivity index (χ1) is 11.4. The maximum Gasteiger partial charge on any atom is 0.412 e. The number of cyclic esters (lactones) is 1. The molecule has 1 aromatic carbocycles. The van der Waals surface area contributed by atoms with Gasteiger partial charge in [0, 0.05) is 6.42 Å². The Morgan fingerprint density at radius 2 is 2.04 bits per heavy atom. The molecule has 1 aromatic rings. The summed E-state index contributed by atoms with van der Waals surface area (Å²) in [6.45, 7) is 5.73. The van der Waals surface area contributed by atoms with Gasteiger partial charge in [-0.3, -0.25) is 9.69 Å². The van der Waals surface area contributed by atoms with Gasteiger partial charge in [0.05, 0.1) is 6.10 Å². The van der Waals surface area contributed by atoms with Crippen LogP contribution in [0.2, 0.25) is 0 Å². The molecule has 0 aromatic heterocycles. The number of esters is 1. The fourth-order valence-electron chi connectivity index (χ4n) is 3.54. The lowest BCUT2D eigenvalue weighted by Crippen LogP contribution is -2.52. The van der Waals surface area contributed by atoms with Crippen LogP contribution in [0.25, 0.3) is 0 Å². The average molecular weight is 333 g/mol. The zero-order chi connectivity index (χ0) is 17.3. The van der Waals surface area contributed by atoms with E-state index in [0.717, 1.165) is 5.56 Å². The summed E-state index contributed by atoms with van der Waals surface area (Å²) in [5.41, 5.74) is 0.105. The Labute approximate surface area is 141 Å². The topological polar surface area (TPSA) is 65.1 Å². The minimum atomic E-state index is -0.813. The van der Waals surface area contributed by atoms with Gasteiger partial charge < -0.3 is 14.2 Å². The summed E-state index contributed by atoms with van der Waals surface area (Å²) in [7, 11) is 0. The highest BCUT2D eigenvalue weighted by Crippen LogP contribution is 2.37. The maximum atomic E-state index is 12.7. The van der Waals surface area contributed by atoms with Crippen LogP contribution in [0.3, 0.4) is 0 Å². The van der Waals surface area contributed by atoms with Crippen LogP contribution in [0.1, 0.15) is 39.2 Å². The molecule has 0 aliphatic carbocycles. The largest absolute Gasteiger partial charge is 0.460 e. The molecular formula is C18H23NO5. The fraction of sp³-hybridized carbons (Fsp3) is 0.556. The Bertz CT molecular complexity index is 615. The first-order valence-electron chi connectivity index (χ1n) is 8.26. The van der Waals surface area contributed by atoms with Crippen molar-refractivity contribution in [3.05, 3.63) is 35.9 Å². The molecule has 6 nitrogen and oxygen atoms in total. The Hall–Kier alpha value is -2.08. The van der Waals surface area contributed by atoms with E-state index in [0.29, 0.717) is 12.8 Å². The maximum absolute atomic E-state index is 12.7. The molecule has 1 amide bonds. The lowest BCUT2D eigenvalue weighted by molar-refractivity contribution is -0.143. The summed E-state index contributed by atoms with van der Waals surface area (Å²) in [6, 6.07) is 9.17. The van der Waals surface area contributed by atoms with Crippen molar-refractivity contribution >= 4 is 12.1 Å². The van der Waals surface area contributed by atoms with Crippen molar-refractivity contribution in [2.24, 2.45) is 0 Å².